The number of hydrogen-bond acceptors (Lipinski definition) is 5. The van der Waals surface area contributed by atoms with E-state index >= 15 is 0 Å². The van der Waals surface area contributed by atoms with Gasteiger partial charge in [-0.3, -0.25) is 14.2 Å². The summed E-state index contributed by atoms with van der Waals surface area (Å²) in [5.41, 5.74) is 1.09. The largest absolute Gasteiger partial charge is 0.335 e. The fourth-order valence-corrected chi connectivity index (χ4v) is 2.98. The normalized spacial score (nSPS) is 11.0. The number of anilines is 1. The summed E-state index contributed by atoms with van der Waals surface area (Å²) < 4.78 is 19.4. The molecule has 0 fully saturated rings. The minimum atomic E-state index is -0.456. The van der Waals surface area contributed by atoms with Crippen LogP contribution in [-0.2, 0) is 11.3 Å². The smallest absolute Gasteiger partial charge is 0.267 e. The van der Waals surface area contributed by atoms with Crippen LogP contribution in [0.25, 0.3) is 22.4 Å². The highest BCUT2D eigenvalue weighted by atomic mass is 35.5. The van der Waals surface area contributed by atoms with Crippen molar-refractivity contribution in [2.24, 2.45) is 0 Å². The van der Waals surface area contributed by atoms with E-state index in [-0.39, 0.29) is 23.6 Å². The molecule has 0 atom stereocenters. The van der Waals surface area contributed by atoms with E-state index in [1.807, 2.05) is 0 Å². The third-order valence-electron chi connectivity index (χ3n) is 4.47. The Morgan fingerprint density at radius 2 is 1.86 bits per heavy atom. The van der Waals surface area contributed by atoms with Gasteiger partial charge in [0.15, 0.2) is 0 Å². The molecule has 4 rings (SSSR count). The molecule has 1 amide bonds. The Morgan fingerprint density at radius 1 is 1.17 bits per heavy atom. The van der Waals surface area contributed by atoms with Crippen molar-refractivity contribution in [2.75, 3.05) is 11.9 Å². The molecule has 0 N–H and O–H groups in total. The van der Waals surface area contributed by atoms with Crippen molar-refractivity contribution in [3.8, 4) is 11.3 Å². The lowest BCUT2D eigenvalue weighted by atomic mass is 10.1. The second-order valence-corrected chi connectivity index (χ2v) is 6.76. The van der Waals surface area contributed by atoms with Gasteiger partial charge in [0.1, 0.15) is 29.8 Å². The number of hydrogen-bond donors (Lipinski definition) is 0. The van der Waals surface area contributed by atoms with Crippen LogP contribution in [0.1, 0.15) is 0 Å². The van der Waals surface area contributed by atoms with E-state index in [1.165, 1.54) is 40.1 Å². The van der Waals surface area contributed by atoms with Gasteiger partial charge < -0.3 is 9.42 Å². The van der Waals surface area contributed by atoms with Crippen molar-refractivity contribution >= 4 is 34.3 Å². The molecule has 9 heteroatoms. The molecule has 0 unspecified atom stereocenters. The summed E-state index contributed by atoms with van der Waals surface area (Å²) in [6.07, 6.45) is 1.23. The number of carbonyl (C=O) groups is 1. The Labute approximate surface area is 168 Å². The topological polar surface area (TPSA) is 81.2 Å². The molecule has 0 bridgehead atoms. The Kier molecular flexibility index (Phi) is 4.85. The number of likely N-dealkylation sites (N-methyl/N-ethyl adjacent to an activating group) is 1. The average Bonchev–Trinajstić information content (AvgIpc) is 3.15. The van der Waals surface area contributed by atoms with Gasteiger partial charge in [-0.1, -0.05) is 28.9 Å². The first-order valence-corrected chi connectivity index (χ1v) is 8.95. The second kappa shape index (κ2) is 7.48. The predicted octanol–water partition coefficient (Wildman–Crippen LogP) is 3.51. The average molecular weight is 413 g/mol. The summed E-state index contributed by atoms with van der Waals surface area (Å²) in [6.45, 7) is -0.249. The molecule has 2 aromatic carbocycles. The van der Waals surface area contributed by atoms with Crippen molar-refractivity contribution in [1.29, 1.82) is 0 Å². The lowest BCUT2D eigenvalue weighted by Crippen LogP contribution is -2.34. The highest BCUT2D eigenvalue weighted by Gasteiger charge is 2.19. The monoisotopic (exact) mass is 412 g/mol. The van der Waals surface area contributed by atoms with Crippen LogP contribution >= 0.6 is 11.6 Å². The lowest BCUT2D eigenvalue weighted by Gasteiger charge is -2.17. The number of amides is 1. The van der Waals surface area contributed by atoms with E-state index in [4.69, 9.17) is 16.1 Å². The number of fused-ring (bicyclic) bond motifs is 1. The van der Waals surface area contributed by atoms with E-state index in [0.29, 0.717) is 22.0 Å². The summed E-state index contributed by atoms with van der Waals surface area (Å²) in [5.74, 6) is -0.771. The molecule has 2 heterocycles. The Hall–Kier alpha value is -3.52. The number of carbonyl (C=O) groups excluding carboxylic acids is 1. The number of nitrogens with zero attached hydrogens (tertiary/aromatic N) is 4. The Morgan fingerprint density at radius 3 is 2.55 bits per heavy atom. The first-order valence-electron chi connectivity index (χ1n) is 8.57. The van der Waals surface area contributed by atoms with Gasteiger partial charge in [0.05, 0.1) is 0 Å². The van der Waals surface area contributed by atoms with Crippen molar-refractivity contribution in [1.82, 2.24) is 14.7 Å². The summed E-state index contributed by atoms with van der Waals surface area (Å²) >= 11 is 5.91. The van der Waals surface area contributed by atoms with E-state index in [1.54, 1.807) is 31.3 Å². The van der Waals surface area contributed by atoms with Gasteiger partial charge in [-0.15, -0.1) is 0 Å². The molecule has 0 aliphatic heterocycles. The highest BCUT2D eigenvalue weighted by Crippen LogP contribution is 2.25. The van der Waals surface area contributed by atoms with Crippen LogP contribution < -0.4 is 10.5 Å². The van der Waals surface area contributed by atoms with E-state index in [0.717, 1.165) is 0 Å². The zero-order valence-corrected chi connectivity index (χ0v) is 15.9. The van der Waals surface area contributed by atoms with Crippen molar-refractivity contribution in [2.45, 2.75) is 6.54 Å². The molecule has 0 spiro atoms. The molecule has 0 aliphatic rings. The minimum absolute atomic E-state index is 0.0792. The van der Waals surface area contributed by atoms with Crippen LogP contribution in [0.5, 0.6) is 0 Å². The summed E-state index contributed by atoms with van der Waals surface area (Å²) in [7, 11) is 1.55. The number of halogens is 2. The maximum Gasteiger partial charge on any atom is 0.267 e. The molecule has 7 nitrogen and oxygen atoms in total. The predicted molar refractivity (Wildman–Crippen MR) is 106 cm³/mol. The molecule has 0 saturated heterocycles. The van der Waals surface area contributed by atoms with Crippen molar-refractivity contribution in [3.05, 3.63) is 76.1 Å². The van der Waals surface area contributed by atoms with Gasteiger partial charge in [0, 0.05) is 23.3 Å². The summed E-state index contributed by atoms with van der Waals surface area (Å²) in [5, 5.41) is 4.66. The van der Waals surface area contributed by atoms with Gasteiger partial charge >= 0.3 is 0 Å². The standard InChI is InChI=1S/C20H14ClFN4O3/c1-25(15-8-6-14(22)7-9-15)16(27)10-26-11-23-19-17(20(26)28)18(24-29-19)12-2-4-13(21)5-3-12/h2-9,11H,10H2,1H3. The summed E-state index contributed by atoms with van der Waals surface area (Å²) in [6, 6.07) is 12.3. The first kappa shape index (κ1) is 18.8. The molecular formula is C20H14ClFN4O3. The highest BCUT2D eigenvalue weighted by molar-refractivity contribution is 6.30. The Balaban J connectivity index is 1.68. The second-order valence-electron chi connectivity index (χ2n) is 6.33. The van der Waals surface area contributed by atoms with Gasteiger partial charge in [-0.25, -0.2) is 9.37 Å². The quantitative estimate of drug-likeness (QED) is 0.512. The number of aromatic nitrogens is 3. The molecule has 0 aliphatic carbocycles. The Bertz CT molecular complexity index is 1250. The first-order chi connectivity index (χ1) is 13.9. The van der Waals surface area contributed by atoms with Crippen LogP contribution in [0.3, 0.4) is 0 Å². The maximum atomic E-state index is 13.1. The number of rotatable bonds is 4. The van der Waals surface area contributed by atoms with E-state index < -0.39 is 11.4 Å². The molecule has 0 radical (unpaired) electrons. The maximum absolute atomic E-state index is 13.1. The molecule has 4 aromatic rings. The van der Waals surface area contributed by atoms with Gasteiger partial charge in [0.2, 0.25) is 5.91 Å². The SMILES string of the molecule is CN(C(=O)Cn1cnc2onc(-c3ccc(Cl)cc3)c2c1=O)c1ccc(F)cc1. The van der Waals surface area contributed by atoms with E-state index in [9.17, 15) is 14.0 Å². The minimum Gasteiger partial charge on any atom is -0.335 e. The zero-order valence-electron chi connectivity index (χ0n) is 15.2. The third kappa shape index (κ3) is 3.62. The van der Waals surface area contributed by atoms with Crippen molar-refractivity contribution < 1.29 is 13.7 Å². The van der Waals surface area contributed by atoms with Gasteiger partial charge in [-0.2, -0.15) is 0 Å². The lowest BCUT2D eigenvalue weighted by molar-refractivity contribution is -0.118. The van der Waals surface area contributed by atoms with Crippen molar-refractivity contribution in [3.63, 3.8) is 0 Å². The molecular weight excluding hydrogens is 399 g/mol. The fraction of sp³-hybridized carbons (Fsp3) is 0.100. The molecule has 146 valence electrons. The molecule has 2 aromatic heterocycles. The summed E-state index contributed by atoms with van der Waals surface area (Å²) in [4.78, 5) is 31.0. The zero-order chi connectivity index (χ0) is 20.5. The molecule has 0 saturated carbocycles. The van der Waals surface area contributed by atoms with Gasteiger partial charge in [0.25, 0.3) is 11.3 Å². The van der Waals surface area contributed by atoms with Crippen LogP contribution in [0.2, 0.25) is 5.02 Å². The van der Waals surface area contributed by atoms with Crippen LogP contribution in [0.15, 0.2) is 64.2 Å². The van der Waals surface area contributed by atoms with Crippen LogP contribution in [0, 0.1) is 5.82 Å². The third-order valence-corrected chi connectivity index (χ3v) is 4.73. The fourth-order valence-electron chi connectivity index (χ4n) is 2.86. The van der Waals surface area contributed by atoms with Gasteiger partial charge in [-0.05, 0) is 36.4 Å². The number of benzene rings is 2. The van der Waals surface area contributed by atoms with E-state index in [2.05, 4.69) is 10.1 Å². The molecule has 29 heavy (non-hydrogen) atoms. The van der Waals surface area contributed by atoms with Crippen LogP contribution in [0.4, 0.5) is 10.1 Å². The van der Waals surface area contributed by atoms with Crippen LogP contribution in [-0.4, -0.2) is 27.7 Å².